The predicted molar refractivity (Wildman–Crippen MR) is 84.4 cm³/mol. The summed E-state index contributed by atoms with van der Waals surface area (Å²) in [4.78, 5) is 27.3. The van der Waals surface area contributed by atoms with Crippen LogP contribution in [0.2, 0.25) is 0 Å². The van der Waals surface area contributed by atoms with Gasteiger partial charge in [0.1, 0.15) is 5.75 Å². The highest BCUT2D eigenvalue weighted by Gasteiger charge is 2.07. The van der Waals surface area contributed by atoms with Gasteiger partial charge in [0.15, 0.2) is 6.61 Å². The number of anilines is 1. The van der Waals surface area contributed by atoms with Gasteiger partial charge in [-0.3, -0.25) is 9.59 Å². The Bertz CT molecular complexity index is 644. The highest BCUT2D eigenvalue weighted by Crippen LogP contribution is 2.10. The number of methoxy groups -OCH3 is 1. The Labute approximate surface area is 133 Å². The van der Waals surface area contributed by atoms with E-state index in [9.17, 15) is 9.59 Å². The normalized spacial score (nSPS) is 9.78. The van der Waals surface area contributed by atoms with Crippen molar-refractivity contribution in [3.8, 4) is 11.6 Å². The Morgan fingerprint density at radius 1 is 1.09 bits per heavy atom. The van der Waals surface area contributed by atoms with E-state index in [1.807, 2.05) is 18.2 Å². The van der Waals surface area contributed by atoms with Crippen LogP contribution in [-0.4, -0.2) is 37.1 Å². The predicted octanol–water partition coefficient (Wildman–Crippen LogP) is 1.22. The lowest BCUT2D eigenvalue weighted by Gasteiger charge is -2.08. The van der Waals surface area contributed by atoms with Crippen molar-refractivity contribution in [1.29, 1.82) is 0 Å². The van der Waals surface area contributed by atoms with Crippen molar-refractivity contribution in [2.75, 3.05) is 25.6 Å². The topological polar surface area (TPSA) is 89.6 Å². The summed E-state index contributed by atoms with van der Waals surface area (Å²) in [6.07, 6.45) is 1.47. The molecule has 2 aromatic rings. The van der Waals surface area contributed by atoms with E-state index in [-0.39, 0.29) is 25.0 Å². The summed E-state index contributed by atoms with van der Waals surface area (Å²) in [6, 6.07) is 12.2. The van der Waals surface area contributed by atoms with Gasteiger partial charge < -0.3 is 20.1 Å². The summed E-state index contributed by atoms with van der Waals surface area (Å²) in [7, 11) is 1.51. The van der Waals surface area contributed by atoms with E-state index in [0.29, 0.717) is 17.3 Å². The summed E-state index contributed by atoms with van der Waals surface area (Å²) in [5, 5.41) is 5.08. The summed E-state index contributed by atoms with van der Waals surface area (Å²) < 4.78 is 10.2. The first kappa shape index (κ1) is 16.3. The smallest absolute Gasteiger partial charge is 0.258 e. The summed E-state index contributed by atoms with van der Waals surface area (Å²) >= 11 is 0. The van der Waals surface area contributed by atoms with Gasteiger partial charge in [0, 0.05) is 6.07 Å². The number of hydrogen-bond donors (Lipinski definition) is 2. The third-order valence-corrected chi connectivity index (χ3v) is 2.79. The largest absolute Gasteiger partial charge is 0.484 e. The number of aromatic nitrogens is 1. The first-order valence-corrected chi connectivity index (χ1v) is 6.92. The second kappa shape index (κ2) is 8.38. The molecule has 1 aromatic heterocycles. The van der Waals surface area contributed by atoms with Crippen LogP contribution < -0.4 is 20.1 Å². The van der Waals surface area contributed by atoms with Crippen LogP contribution in [0.5, 0.6) is 11.6 Å². The minimum absolute atomic E-state index is 0.150. The first-order chi connectivity index (χ1) is 11.2. The van der Waals surface area contributed by atoms with Crippen molar-refractivity contribution < 1.29 is 19.1 Å². The maximum absolute atomic E-state index is 11.7. The van der Waals surface area contributed by atoms with E-state index in [0.717, 1.165) is 0 Å². The fourth-order valence-corrected chi connectivity index (χ4v) is 1.68. The third kappa shape index (κ3) is 5.66. The molecule has 120 valence electrons. The number of benzene rings is 1. The molecule has 0 aliphatic rings. The number of rotatable bonds is 7. The van der Waals surface area contributed by atoms with Crippen molar-refractivity contribution in [3.05, 3.63) is 48.7 Å². The molecule has 0 fully saturated rings. The van der Waals surface area contributed by atoms with Crippen LogP contribution >= 0.6 is 0 Å². The summed E-state index contributed by atoms with van der Waals surface area (Å²) in [5.74, 6) is 0.313. The Morgan fingerprint density at radius 2 is 1.87 bits per heavy atom. The zero-order valence-electron chi connectivity index (χ0n) is 12.6. The Hall–Kier alpha value is -3.09. The van der Waals surface area contributed by atoms with Crippen molar-refractivity contribution in [2.45, 2.75) is 0 Å². The fraction of sp³-hybridized carbons (Fsp3) is 0.188. The summed E-state index contributed by atoms with van der Waals surface area (Å²) in [6.45, 7) is -0.301. The van der Waals surface area contributed by atoms with E-state index in [2.05, 4.69) is 15.6 Å². The lowest BCUT2D eigenvalue weighted by Crippen LogP contribution is -2.35. The van der Waals surface area contributed by atoms with Crippen molar-refractivity contribution in [3.63, 3.8) is 0 Å². The molecule has 0 radical (unpaired) electrons. The number of amides is 2. The van der Waals surface area contributed by atoms with E-state index < -0.39 is 0 Å². The molecule has 0 bridgehead atoms. The quantitative estimate of drug-likeness (QED) is 0.802. The number of carbonyl (C=O) groups is 2. The molecule has 2 amide bonds. The molecule has 2 rings (SSSR count). The Morgan fingerprint density at radius 3 is 2.52 bits per heavy atom. The van der Waals surface area contributed by atoms with E-state index in [1.54, 1.807) is 24.3 Å². The molecule has 2 N–H and O–H groups in total. The molecule has 0 aliphatic heterocycles. The van der Waals surface area contributed by atoms with Gasteiger partial charge in [-0.1, -0.05) is 18.2 Å². The first-order valence-electron chi connectivity index (χ1n) is 6.92. The van der Waals surface area contributed by atoms with Crippen LogP contribution in [0.1, 0.15) is 0 Å². The SMILES string of the molecule is COc1ccc(NC(=O)CNC(=O)COc2ccccc2)cn1. The number of hydrogen-bond acceptors (Lipinski definition) is 5. The van der Waals surface area contributed by atoms with Gasteiger partial charge in [0.05, 0.1) is 25.5 Å². The average molecular weight is 315 g/mol. The molecule has 1 heterocycles. The van der Waals surface area contributed by atoms with Crippen LogP contribution in [0.25, 0.3) is 0 Å². The lowest BCUT2D eigenvalue weighted by molar-refractivity contribution is -0.125. The fourth-order valence-electron chi connectivity index (χ4n) is 1.68. The monoisotopic (exact) mass is 315 g/mol. The maximum Gasteiger partial charge on any atom is 0.258 e. The maximum atomic E-state index is 11.7. The molecular weight excluding hydrogens is 298 g/mol. The van der Waals surface area contributed by atoms with Gasteiger partial charge in [-0.25, -0.2) is 4.98 Å². The highest BCUT2D eigenvalue weighted by molar-refractivity contribution is 5.94. The van der Waals surface area contributed by atoms with Crippen LogP contribution in [0.3, 0.4) is 0 Å². The number of pyridine rings is 1. The lowest BCUT2D eigenvalue weighted by atomic mass is 10.3. The molecule has 0 unspecified atom stereocenters. The molecular formula is C16H17N3O4. The minimum atomic E-state index is -0.378. The van der Waals surface area contributed by atoms with Crippen LogP contribution in [0.15, 0.2) is 48.7 Å². The Balaban J connectivity index is 1.69. The van der Waals surface area contributed by atoms with Crippen molar-refractivity contribution in [2.24, 2.45) is 0 Å². The second-order valence-corrected chi connectivity index (χ2v) is 4.52. The minimum Gasteiger partial charge on any atom is -0.484 e. The van der Waals surface area contributed by atoms with Crippen LogP contribution in [0.4, 0.5) is 5.69 Å². The Kier molecular flexibility index (Phi) is 5.93. The van der Waals surface area contributed by atoms with Gasteiger partial charge in [0.2, 0.25) is 11.8 Å². The molecule has 7 heteroatoms. The molecule has 0 spiro atoms. The number of para-hydroxylation sites is 1. The zero-order valence-corrected chi connectivity index (χ0v) is 12.6. The van der Waals surface area contributed by atoms with Crippen LogP contribution in [0, 0.1) is 0 Å². The van der Waals surface area contributed by atoms with Crippen LogP contribution in [-0.2, 0) is 9.59 Å². The molecule has 0 aliphatic carbocycles. The van der Waals surface area contributed by atoms with E-state index in [4.69, 9.17) is 9.47 Å². The van der Waals surface area contributed by atoms with Gasteiger partial charge in [0.25, 0.3) is 5.91 Å². The van der Waals surface area contributed by atoms with Crippen molar-refractivity contribution >= 4 is 17.5 Å². The number of nitrogens with one attached hydrogen (secondary N) is 2. The van der Waals surface area contributed by atoms with E-state index >= 15 is 0 Å². The molecule has 1 aromatic carbocycles. The number of nitrogens with zero attached hydrogens (tertiary/aromatic N) is 1. The molecule has 7 nitrogen and oxygen atoms in total. The van der Waals surface area contributed by atoms with Gasteiger partial charge >= 0.3 is 0 Å². The standard InChI is InChI=1S/C16H17N3O4/c1-22-16-8-7-12(9-18-16)19-14(20)10-17-15(21)11-23-13-5-3-2-4-6-13/h2-9H,10-11H2,1H3,(H,17,21)(H,19,20). The van der Waals surface area contributed by atoms with Gasteiger partial charge in [-0.05, 0) is 18.2 Å². The third-order valence-electron chi connectivity index (χ3n) is 2.79. The van der Waals surface area contributed by atoms with Crippen molar-refractivity contribution in [1.82, 2.24) is 10.3 Å². The number of ether oxygens (including phenoxy) is 2. The molecule has 23 heavy (non-hydrogen) atoms. The molecule has 0 saturated carbocycles. The highest BCUT2D eigenvalue weighted by atomic mass is 16.5. The molecule has 0 atom stereocenters. The second-order valence-electron chi connectivity index (χ2n) is 4.52. The molecule has 0 saturated heterocycles. The van der Waals surface area contributed by atoms with E-state index in [1.165, 1.54) is 13.3 Å². The van der Waals surface area contributed by atoms with Gasteiger partial charge in [-0.2, -0.15) is 0 Å². The van der Waals surface area contributed by atoms with Gasteiger partial charge in [-0.15, -0.1) is 0 Å². The summed E-state index contributed by atoms with van der Waals surface area (Å²) in [5.41, 5.74) is 0.519. The average Bonchev–Trinajstić information content (AvgIpc) is 2.60. The zero-order chi connectivity index (χ0) is 16.5. The number of carbonyl (C=O) groups excluding carboxylic acids is 2.